The average Bonchev–Trinajstić information content (AvgIpc) is 2.47. The summed E-state index contributed by atoms with van der Waals surface area (Å²) in [7, 11) is 0. The minimum absolute atomic E-state index is 0.00960. The third kappa shape index (κ3) is 14.7. The van der Waals surface area contributed by atoms with Crippen molar-refractivity contribution in [2.24, 2.45) is 0 Å². The van der Waals surface area contributed by atoms with Gasteiger partial charge in [0.2, 0.25) is 0 Å². The number of carboxylic acids is 1. The lowest BCUT2D eigenvalue weighted by Crippen LogP contribution is -1.96. The molecule has 0 aromatic rings. The number of carbonyl (C=O) groups is 3. The number of aliphatic carboxylic acids is 1. The Bertz CT molecular complexity index is 394. The first-order valence-corrected chi connectivity index (χ1v) is 8.18. The molecular weight excluding hydrogens is 280 g/mol. The molecule has 0 saturated heterocycles. The van der Waals surface area contributed by atoms with E-state index in [4.69, 9.17) is 5.11 Å². The molecule has 0 aromatic heterocycles. The molecule has 0 aliphatic heterocycles. The van der Waals surface area contributed by atoms with Crippen LogP contribution < -0.4 is 0 Å². The van der Waals surface area contributed by atoms with Crippen molar-refractivity contribution in [3.8, 4) is 0 Å². The highest BCUT2D eigenvalue weighted by Crippen LogP contribution is 2.05. The maximum atomic E-state index is 11.5. The number of allylic oxidation sites excluding steroid dienone is 4. The van der Waals surface area contributed by atoms with Crippen LogP contribution in [0.3, 0.4) is 0 Å². The summed E-state index contributed by atoms with van der Waals surface area (Å²) in [5, 5.41) is 8.48. The van der Waals surface area contributed by atoms with Crippen LogP contribution in [0.1, 0.15) is 71.1 Å². The van der Waals surface area contributed by atoms with Gasteiger partial charge in [-0.2, -0.15) is 0 Å². The molecule has 4 heteroatoms. The fourth-order valence-electron chi connectivity index (χ4n) is 1.97. The summed E-state index contributed by atoms with van der Waals surface area (Å²) in [6.45, 7) is 2.13. The lowest BCUT2D eigenvalue weighted by atomic mass is 10.1. The summed E-state index contributed by atoms with van der Waals surface area (Å²) in [6, 6.07) is 0. The molecule has 0 atom stereocenters. The predicted molar refractivity (Wildman–Crippen MR) is 87.8 cm³/mol. The predicted octanol–water partition coefficient (Wildman–Crippen LogP) is 4.24. The second-order valence-electron chi connectivity index (χ2n) is 5.42. The van der Waals surface area contributed by atoms with Gasteiger partial charge in [0, 0.05) is 19.3 Å². The van der Waals surface area contributed by atoms with Crippen LogP contribution in [0.25, 0.3) is 0 Å². The van der Waals surface area contributed by atoms with Crippen molar-refractivity contribution >= 4 is 17.5 Å². The van der Waals surface area contributed by atoms with Crippen LogP contribution in [-0.2, 0) is 14.4 Å². The van der Waals surface area contributed by atoms with Crippen molar-refractivity contribution in [2.75, 3.05) is 0 Å². The third-order valence-electron chi connectivity index (χ3n) is 3.27. The van der Waals surface area contributed by atoms with Crippen LogP contribution in [0.2, 0.25) is 0 Å². The van der Waals surface area contributed by atoms with Gasteiger partial charge in [0.15, 0.2) is 11.6 Å². The zero-order valence-corrected chi connectivity index (χ0v) is 13.6. The van der Waals surface area contributed by atoms with Crippen LogP contribution in [0, 0.1) is 0 Å². The summed E-state index contributed by atoms with van der Waals surface area (Å²) in [4.78, 5) is 33.3. The first kappa shape index (κ1) is 20.3. The molecule has 1 N–H and O–H groups in total. The van der Waals surface area contributed by atoms with E-state index in [0.29, 0.717) is 25.7 Å². The van der Waals surface area contributed by atoms with E-state index in [0.717, 1.165) is 32.1 Å². The summed E-state index contributed by atoms with van der Waals surface area (Å²) in [5.41, 5.74) is 0. The first-order valence-electron chi connectivity index (χ1n) is 8.18. The van der Waals surface area contributed by atoms with Gasteiger partial charge in [0.05, 0.1) is 0 Å². The Morgan fingerprint density at radius 2 is 1.18 bits per heavy atom. The second-order valence-corrected chi connectivity index (χ2v) is 5.42. The molecule has 0 aliphatic rings. The van der Waals surface area contributed by atoms with E-state index < -0.39 is 5.97 Å². The Morgan fingerprint density at radius 1 is 0.727 bits per heavy atom. The van der Waals surface area contributed by atoms with Crippen molar-refractivity contribution in [1.82, 2.24) is 0 Å². The van der Waals surface area contributed by atoms with E-state index in [-0.39, 0.29) is 18.0 Å². The lowest BCUT2D eigenvalue weighted by molar-refractivity contribution is -0.137. The number of unbranched alkanes of at least 4 members (excludes halogenated alkanes) is 5. The number of ketones is 2. The number of carboxylic acid groups (broad SMARTS) is 1. The van der Waals surface area contributed by atoms with Crippen molar-refractivity contribution in [2.45, 2.75) is 71.1 Å². The van der Waals surface area contributed by atoms with Gasteiger partial charge in [0.1, 0.15) is 0 Å². The van der Waals surface area contributed by atoms with Crippen molar-refractivity contribution in [3.05, 3.63) is 24.3 Å². The number of rotatable bonds is 14. The maximum absolute atomic E-state index is 11.5. The van der Waals surface area contributed by atoms with Crippen LogP contribution in [0.5, 0.6) is 0 Å². The van der Waals surface area contributed by atoms with E-state index in [2.05, 4.69) is 6.92 Å². The molecule has 4 nitrogen and oxygen atoms in total. The van der Waals surface area contributed by atoms with Crippen LogP contribution in [0.4, 0.5) is 0 Å². The molecule has 0 bridgehead atoms. The Morgan fingerprint density at radius 3 is 1.64 bits per heavy atom. The van der Waals surface area contributed by atoms with Crippen molar-refractivity contribution in [1.29, 1.82) is 0 Å². The normalized spacial score (nSPS) is 11.3. The fourth-order valence-corrected chi connectivity index (χ4v) is 1.97. The Balaban J connectivity index is 3.68. The molecule has 0 aromatic carbocycles. The largest absolute Gasteiger partial charge is 0.481 e. The van der Waals surface area contributed by atoms with E-state index in [1.165, 1.54) is 12.2 Å². The molecule has 124 valence electrons. The minimum atomic E-state index is -0.796. The Hall–Kier alpha value is -1.71. The summed E-state index contributed by atoms with van der Waals surface area (Å²) in [5.74, 6) is -0.687. The smallest absolute Gasteiger partial charge is 0.303 e. The summed E-state index contributed by atoms with van der Waals surface area (Å²) < 4.78 is 0. The molecular formula is C18H28O4. The lowest BCUT2D eigenvalue weighted by Gasteiger charge is -1.96. The number of carbonyl (C=O) groups excluding carboxylic acids is 2. The van der Waals surface area contributed by atoms with Gasteiger partial charge in [-0.15, -0.1) is 0 Å². The van der Waals surface area contributed by atoms with Gasteiger partial charge in [-0.3, -0.25) is 14.4 Å². The maximum Gasteiger partial charge on any atom is 0.303 e. The van der Waals surface area contributed by atoms with Crippen LogP contribution >= 0.6 is 0 Å². The van der Waals surface area contributed by atoms with Gasteiger partial charge in [-0.1, -0.05) is 44.8 Å². The van der Waals surface area contributed by atoms with Gasteiger partial charge in [0.25, 0.3) is 0 Å². The van der Waals surface area contributed by atoms with Crippen molar-refractivity contribution < 1.29 is 19.5 Å². The molecule has 0 saturated carbocycles. The molecule has 22 heavy (non-hydrogen) atoms. The molecule has 0 spiro atoms. The minimum Gasteiger partial charge on any atom is -0.481 e. The number of hydrogen-bond donors (Lipinski definition) is 1. The van der Waals surface area contributed by atoms with Crippen molar-refractivity contribution in [3.63, 3.8) is 0 Å². The van der Waals surface area contributed by atoms with E-state index >= 15 is 0 Å². The SMILES string of the molecule is CCCCCCC(=O)/C=C/C=C/C(=O)CCCCCC(=O)O. The van der Waals surface area contributed by atoms with Gasteiger partial charge < -0.3 is 5.11 Å². The second kappa shape index (κ2) is 14.2. The van der Waals surface area contributed by atoms with Gasteiger partial charge in [-0.25, -0.2) is 0 Å². The molecule has 0 radical (unpaired) electrons. The fraction of sp³-hybridized carbons (Fsp3) is 0.611. The Kier molecular flexibility index (Phi) is 13.1. The molecule has 0 amide bonds. The monoisotopic (exact) mass is 308 g/mol. The quantitative estimate of drug-likeness (QED) is 0.296. The number of hydrogen-bond acceptors (Lipinski definition) is 3. The summed E-state index contributed by atoms with van der Waals surface area (Å²) >= 11 is 0. The van der Waals surface area contributed by atoms with E-state index in [9.17, 15) is 14.4 Å². The highest BCUT2D eigenvalue weighted by atomic mass is 16.4. The van der Waals surface area contributed by atoms with Crippen LogP contribution in [0.15, 0.2) is 24.3 Å². The zero-order chi connectivity index (χ0) is 16.6. The molecule has 0 fully saturated rings. The highest BCUT2D eigenvalue weighted by molar-refractivity contribution is 5.91. The van der Waals surface area contributed by atoms with Gasteiger partial charge >= 0.3 is 5.97 Å². The van der Waals surface area contributed by atoms with E-state index in [1.807, 2.05) is 0 Å². The standard InChI is InChI=1S/C18H28O4/c1-2-3-4-6-11-16(19)13-9-10-14-17(20)12-7-5-8-15-18(21)22/h9-10,13-14H,2-8,11-12,15H2,1H3,(H,21,22)/b13-9+,14-10+. The van der Waals surface area contributed by atoms with E-state index in [1.54, 1.807) is 12.2 Å². The first-order chi connectivity index (χ1) is 10.6. The molecule has 0 aliphatic carbocycles. The average molecular weight is 308 g/mol. The van der Waals surface area contributed by atoms with Gasteiger partial charge in [-0.05, 0) is 31.4 Å². The molecule has 0 heterocycles. The third-order valence-corrected chi connectivity index (χ3v) is 3.27. The topological polar surface area (TPSA) is 71.4 Å². The highest BCUT2D eigenvalue weighted by Gasteiger charge is 1.99. The molecule has 0 unspecified atom stereocenters. The van der Waals surface area contributed by atoms with Crippen LogP contribution in [-0.4, -0.2) is 22.6 Å². The zero-order valence-electron chi connectivity index (χ0n) is 13.6. The Labute approximate surface area is 133 Å². The molecule has 0 rings (SSSR count). The summed E-state index contributed by atoms with van der Waals surface area (Å²) in [6.07, 6.45) is 13.8.